The second-order valence-corrected chi connectivity index (χ2v) is 5.82. The van der Waals surface area contributed by atoms with Crippen molar-refractivity contribution in [1.82, 2.24) is 8.02 Å². The summed E-state index contributed by atoms with van der Waals surface area (Å²) in [5, 5.41) is 0. The Labute approximate surface area is 85.8 Å². The molecule has 0 aliphatic rings. The summed E-state index contributed by atoms with van der Waals surface area (Å²) >= 11 is 3.01. The van der Waals surface area contributed by atoms with E-state index in [4.69, 9.17) is 0 Å². The van der Waals surface area contributed by atoms with Crippen LogP contribution in [0.5, 0.6) is 0 Å². The van der Waals surface area contributed by atoms with Gasteiger partial charge in [-0.05, 0) is 0 Å². The molecule has 0 heterocycles. The average Bonchev–Trinajstić information content (AvgIpc) is 2.04. The summed E-state index contributed by atoms with van der Waals surface area (Å²) in [6.07, 6.45) is 0. The van der Waals surface area contributed by atoms with Gasteiger partial charge in [0.15, 0.2) is 0 Å². The summed E-state index contributed by atoms with van der Waals surface area (Å²) in [7, 11) is -0.755. The summed E-state index contributed by atoms with van der Waals surface area (Å²) in [5.74, 6) is 0. The van der Waals surface area contributed by atoms with Gasteiger partial charge >= 0.3 is 0 Å². The highest BCUT2D eigenvalue weighted by Gasteiger charge is 2.23. The molecule has 0 unspecified atom stereocenters. The number of hydrogen-bond donors (Lipinski definition) is 0. The second kappa shape index (κ2) is 5.43. The molecule has 0 aromatic rings. The van der Waals surface area contributed by atoms with E-state index in [2.05, 4.69) is 14.8 Å². The molecule has 0 fully saturated rings. The first-order valence-electron chi connectivity index (χ1n) is 3.53. The minimum atomic E-state index is -3.27. The maximum absolute atomic E-state index is 11.5. The van der Waals surface area contributed by atoms with Crippen LogP contribution in [0.4, 0.5) is 0 Å². The number of halogens is 1. The third-order valence-corrected chi connectivity index (χ3v) is 6.13. The SMILES string of the molecule is CCN(CC)S(=O)(=O)N(C)SBr. The first-order valence-corrected chi connectivity index (χ1v) is 7.54. The summed E-state index contributed by atoms with van der Waals surface area (Å²) in [4.78, 5) is 0. The van der Waals surface area contributed by atoms with Crippen LogP contribution in [0, 0.1) is 0 Å². The Morgan fingerprint density at radius 1 is 1.33 bits per heavy atom. The maximum atomic E-state index is 11.5. The predicted molar refractivity (Wildman–Crippen MR) is 56.1 cm³/mol. The molecule has 0 aliphatic heterocycles. The number of nitrogens with zero attached hydrogens (tertiary/aromatic N) is 2. The molecule has 0 atom stereocenters. The molecule has 4 nitrogen and oxygen atoms in total. The van der Waals surface area contributed by atoms with Crippen molar-refractivity contribution >= 4 is 35.4 Å². The maximum Gasteiger partial charge on any atom is 0.291 e. The van der Waals surface area contributed by atoms with Gasteiger partial charge in [-0.2, -0.15) is 12.7 Å². The molecular weight excluding hydrogens is 264 g/mol. The molecule has 7 heteroatoms. The zero-order valence-electron chi connectivity index (χ0n) is 7.32. The normalized spacial score (nSPS) is 12.8. The van der Waals surface area contributed by atoms with Crippen molar-refractivity contribution in [3.8, 4) is 0 Å². The van der Waals surface area contributed by atoms with Crippen LogP contribution in [0.1, 0.15) is 13.8 Å². The van der Waals surface area contributed by atoms with Crippen molar-refractivity contribution in [2.45, 2.75) is 13.8 Å². The van der Waals surface area contributed by atoms with Gasteiger partial charge in [0.05, 0.1) is 0 Å². The summed E-state index contributed by atoms with van der Waals surface area (Å²) < 4.78 is 25.6. The van der Waals surface area contributed by atoms with Gasteiger partial charge in [-0.1, -0.05) is 13.8 Å². The Morgan fingerprint density at radius 3 is 2.00 bits per heavy atom. The van der Waals surface area contributed by atoms with Crippen molar-refractivity contribution in [2.24, 2.45) is 0 Å². The highest BCUT2D eigenvalue weighted by Crippen LogP contribution is 2.21. The van der Waals surface area contributed by atoms with Crippen LogP contribution >= 0.6 is 25.2 Å². The largest absolute Gasteiger partial charge is 0.291 e. The van der Waals surface area contributed by atoms with E-state index >= 15 is 0 Å². The Hall–Kier alpha value is 0.700. The molecule has 0 rings (SSSR count). The molecule has 0 aromatic carbocycles. The van der Waals surface area contributed by atoms with Gasteiger partial charge in [0.2, 0.25) is 0 Å². The van der Waals surface area contributed by atoms with Crippen LogP contribution < -0.4 is 0 Å². The summed E-state index contributed by atoms with van der Waals surface area (Å²) in [5.41, 5.74) is 0. The molecule has 0 bridgehead atoms. The molecular formula is C5H13BrN2O2S2. The lowest BCUT2D eigenvalue weighted by Crippen LogP contribution is -2.38. The van der Waals surface area contributed by atoms with Crippen molar-refractivity contribution in [3.63, 3.8) is 0 Å². The van der Waals surface area contributed by atoms with Gasteiger partial charge in [-0.25, -0.2) is 0 Å². The molecule has 0 saturated carbocycles. The molecule has 0 radical (unpaired) electrons. The zero-order valence-corrected chi connectivity index (χ0v) is 10.5. The fourth-order valence-corrected chi connectivity index (χ4v) is 3.64. The molecule has 0 amide bonds. The van der Waals surface area contributed by atoms with E-state index in [0.717, 1.165) is 10.4 Å². The molecule has 0 aliphatic carbocycles. The van der Waals surface area contributed by atoms with E-state index in [1.807, 2.05) is 13.8 Å². The van der Waals surface area contributed by atoms with E-state index in [9.17, 15) is 8.42 Å². The second-order valence-electron chi connectivity index (χ2n) is 2.07. The Kier molecular flexibility index (Phi) is 5.75. The van der Waals surface area contributed by atoms with Gasteiger partial charge in [-0.3, -0.25) is 0 Å². The van der Waals surface area contributed by atoms with Crippen molar-refractivity contribution < 1.29 is 8.42 Å². The average molecular weight is 277 g/mol. The highest BCUT2D eigenvalue weighted by molar-refractivity contribution is 9.50. The Balaban J connectivity index is 4.58. The third kappa shape index (κ3) is 2.88. The van der Waals surface area contributed by atoms with E-state index < -0.39 is 10.2 Å². The molecule has 0 spiro atoms. The van der Waals surface area contributed by atoms with Gasteiger partial charge in [-0.15, -0.1) is 3.71 Å². The Bertz CT molecular complexity index is 215. The van der Waals surface area contributed by atoms with Crippen LogP contribution in [0.2, 0.25) is 0 Å². The first kappa shape index (κ1) is 12.7. The molecule has 12 heavy (non-hydrogen) atoms. The standard InChI is InChI=1S/C5H13BrN2O2S2/c1-4-8(5-2)12(9,10)7(3)11-6/h4-5H2,1-3H3. The van der Waals surface area contributed by atoms with Gasteiger partial charge < -0.3 is 0 Å². The minimum absolute atomic E-state index is 0.497. The molecule has 74 valence electrons. The lowest BCUT2D eigenvalue weighted by Gasteiger charge is -2.22. The number of rotatable bonds is 5. The molecule has 0 saturated heterocycles. The minimum Gasteiger partial charge on any atom is -0.194 e. The monoisotopic (exact) mass is 276 g/mol. The van der Waals surface area contributed by atoms with Crippen molar-refractivity contribution in [2.75, 3.05) is 20.1 Å². The van der Waals surface area contributed by atoms with Gasteiger partial charge in [0.25, 0.3) is 10.2 Å². The van der Waals surface area contributed by atoms with E-state index in [-0.39, 0.29) is 0 Å². The lowest BCUT2D eigenvalue weighted by molar-refractivity contribution is 0.422. The first-order chi connectivity index (χ1) is 5.50. The quantitative estimate of drug-likeness (QED) is 0.714. The van der Waals surface area contributed by atoms with Gasteiger partial charge in [0.1, 0.15) is 0 Å². The third-order valence-electron chi connectivity index (χ3n) is 1.45. The smallest absolute Gasteiger partial charge is 0.194 e. The van der Waals surface area contributed by atoms with Crippen molar-refractivity contribution in [3.05, 3.63) is 0 Å². The van der Waals surface area contributed by atoms with Crippen LogP contribution in [0.25, 0.3) is 0 Å². The fraction of sp³-hybridized carbons (Fsp3) is 1.00. The summed E-state index contributed by atoms with van der Waals surface area (Å²) in [6.45, 7) is 4.62. The lowest BCUT2D eigenvalue weighted by atomic mass is 10.7. The van der Waals surface area contributed by atoms with Crippen LogP contribution in [0.15, 0.2) is 0 Å². The Morgan fingerprint density at radius 2 is 1.75 bits per heavy atom. The van der Waals surface area contributed by atoms with E-state index in [0.29, 0.717) is 13.1 Å². The van der Waals surface area contributed by atoms with Gasteiger partial charge in [0, 0.05) is 45.3 Å². The van der Waals surface area contributed by atoms with Crippen molar-refractivity contribution in [1.29, 1.82) is 0 Å². The summed E-state index contributed by atoms with van der Waals surface area (Å²) in [6, 6.07) is 0. The van der Waals surface area contributed by atoms with Crippen LogP contribution in [0.3, 0.4) is 0 Å². The van der Waals surface area contributed by atoms with Crippen LogP contribution in [-0.2, 0) is 10.2 Å². The predicted octanol–water partition coefficient (Wildman–Crippen LogP) is 1.46. The highest BCUT2D eigenvalue weighted by atomic mass is 79.9. The number of hydrogen-bond acceptors (Lipinski definition) is 3. The van der Waals surface area contributed by atoms with E-state index in [1.54, 1.807) is 0 Å². The van der Waals surface area contributed by atoms with E-state index in [1.165, 1.54) is 15.1 Å². The van der Waals surface area contributed by atoms with Crippen LogP contribution in [-0.4, -0.2) is 36.6 Å². The zero-order chi connectivity index (χ0) is 9.78. The molecule has 0 N–H and O–H groups in total. The fourth-order valence-electron chi connectivity index (χ4n) is 0.748. The topological polar surface area (TPSA) is 40.6 Å². The molecule has 0 aromatic heterocycles.